The molecule has 1 aromatic carbocycles. The Morgan fingerprint density at radius 3 is 1.87 bits per heavy atom. The highest BCUT2D eigenvalue weighted by Crippen LogP contribution is 2.76. The van der Waals surface area contributed by atoms with Gasteiger partial charge in [-0.1, -0.05) is 90.4 Å². The van der Waals surface area contributed by atoms with Gasteiger partial charge in [0.15, 0.2) is 18.9 Å². The summed E-state index contributed by atoms with van der Waals surface area (Å²) in [5, 5.41) is 87.1. The lowest BCUT2D eigenvalue weighted by atomic mass is 9.33. The first-order valence-corrected chi connectivity index (χ1v) is 26.6. The van der Waals surface area contributed by atoms with E-state index < -0.39 is 116 Å². The smallest absolute Gasteiger partial charge is 0.313 e. The largest absolute Gasteiger partial charge is 0.460 e. The van der Waals surface area contributed by atoms with Crippen molar-refractivity contribution in [1.29, 1.82) is 0 Å². The molecule has 0 radical (unpaired) electrons. The summed E-state index contributed by atoms with van der Waals surface area (Å²) >= 11 is 0. The van der Waals surface area contributed by atoms with Crippen LogP contribution in [0.2, 0.25) is 0 Å². The number of hydrogen-bond acceptors (Lipinski definition) is 16. The van der Waals surface area contributed by atoms with Crippen LogP contribution in [0.3, 0.4) is 0 Å². The molecule has 3 aliphatic heterocycles. The molecule has 4 saturated carbocycles. The average Bonchev–Trinajstić information content (AvgIpc) is 3.33. The number of hydrogen-bond donors (Lipinski definition) is 8. The molecule has 0 aromatic heterocycles. The van der Waals surface area contributed by atoms with Crippen LogP contribution in [0, 0.1) is 50.2 Å². The maximum Gasteiger partial charge on any atom is 0.313 e. The van der Waals surface area contributed by atoms with Gasteiger partial charge in [0, 0.05) is 0 Å². The van der Waals surface area contributed by atoms with Crippen molar-refractivity contribution < 1.29 is 78.8 Å². The van der Waals surface area contributed by atoms with Gasteiger partial charge < -0.3 is 74.0 Å². The summed E-state index contributed by atoms with van der Waals surface area (Å²) in [5.41, 5.74) is 1.26. The number of ether oxygens (including phenoxy) is 7. The zero-order valence-corrected chi connectivity index (χ0v) is 43.3. The monoisotopic (exact) mass is 1000 g/mol. The van der Waals surface area contributed by atoms with Gasteiger partial charge in [-0.15, -0.1) is 0 Å². The molecule has 16 heteroatoms. The van der Waals surface area contributed by atoms with Crippen LogP contribution < -0.4 is 0 Å². The number of aliphatic hydroxyl groups is 8. The maximum absolute atomic E-state index is 14.6. The van der Waals surface area contributed by atoms with Crippen molar-refractivity contribution in [2.75, 3.05) is 6.61 Å². The van der Waals surface area contributed by atoms with Crippen molar-refractivity contribution in [2.24, 2.45) is 50.2 Å². The summed E-state index contributed by atoms with van der Waals surface area (Å²) < 4.78 is 43.6. The molecule has 1 aromatic rings. The van der Waals surface area contributed by atoms with Crippen LogP contribution in [-0.4, -0.2) is 152 Å². The van der Waals surface area contributed by atoms with Crippen LogP contribution in [0.15, 0.2) is 42.0 Å². The highest BCUT2D eigenvalue weighted by molar-refractivity contribution is 5.79. The number of aliphatic hydroxyl groups excluding tert-OH is 8. The summed E-state index contributed by atoms with van der Waals surface area (Å²) in [6, 6.07) is 9.95. The van der Waals surface area contributed by atoms with Crippen molar-refractivity contribution in [3.8, 4) is 0 Å². The van der Waals surface area contributed by atoms with Crippen molar-refractivity contribution >= 4 is 5.97 Å². The zero-order chi connectivity index (χ0) is 51.4. The predicted octanol–water partition coefficient (Wildman–Crippen LogP) is 4.42. The molecular formula is C55H84O16. The minimum atomic E-state index is -1.74. The molecule has 8 aliphatic rings. The second kappa shape index (κ2) is 19.5. The Morgan fingerprint density at radius 1 is 0.648 bits per heavy atom. The molecule has 0 bridgehead atoms. The fourth-order valence-electron chi connectivity index (χ4n) is 15.9. The normalized spacial score (nSPS) is 50.3. The maximum atomic E-state index is 14.6. The second-order valence-corrected chi connectivity index (χ2v) is 25.2. The Kier molecular flexibility index (Phi) is 14.7. The van der Waals surface area contributed by atoms with Gasteiger partial charge in [0.1, 0.15) is 67.6 Å². The van der Waals surface area contributed by atoms with Crippen LogP contribution in [0.1, 0.15) is 132 Å². The third kappa shape index (κ3) is 8.90. The third-order valence-corrected chi connectivity index (χ3v) is 20.5. The highest BCUT2D eigenvalue weighted by Gasteiger charge is 2.70. The van der Waals surface area contributed by atoms with Gasteiger partial charge in [0.2, 0.25) is 0 Å². The van der Waals surface area contributed by atoms with Crippen molar-refractivity contribution in [3.05, 3.63) is 47.5 Å². The summed E-state index contributed by atoms with van der Waals surface area (Å²) in [5.74, 6) is 0.586. The first-order chi connectivity index (χ1) is 33.3. The quantitative estimate of drug-likeness (QED) is 0.0919. The summed E-state index contributed by atoms with van der Waals surface area (Å²) in [7, 11) is 0. The Labute approximate surface area is 419 Å². The van der Waals surface area contributed by atoms with Gasteiger partial charge in [0.05, 0.1) is 30.3 Å². The molecule has 16 nitrogen and oxygen atoms in total. The predicted molar refractivity (Wildman–Crippen MR) is 256 cm³/mol. The van der Waals surface area contributed by atoms with Crippen molar-refractivity contribution in [1.82, 2.24) is 0 Å². The van der Waals surface area contributed by atoms with Crippen LogP contribution in [0.5, 0.6) is 0 Å². The molecule has 0 unspecified atom stereocenters. The number of esters is 1. The molecular weight excluding hydrogens is 917 g/mol. The number of rotatable bonds is 10. The molecule has 0 amide bonds. The lowest BCUT2D eigenvalue weighted by Gasteiger charge is -2.71. The molecule has 71 heavy (non-hydrogen) atoms. The van der Waals surface area contributed by atoms with Gasteiger partial charge in [-0.3, -0.25) is 4.79 Å². The number of carbonyl (C=O) groups excluding carboxylic acids is 1. The Bertz CT molecular complexity index is 2090. The van der Waals surface area contributed by atoms with E-state index in [0.717, 1.165) is 63.4 Å². The molecule has 8 N–H and O–H groups in total. The van der Waals surface area contributed by atoms with Crippen molar-refractivity contribution in [2.45, 2.75) is 231 Å². The molecule has 7 fully saturated rings. The number of fused-ring (bicyclic) bond motifs is 7. The van der Waals surface area contributed by atoms with Crippen LogP contribution >= 0.6 is 0 Å². The molecule has 9 rings (SSSR count). The lowest BCUT2D eigenvalue weighted by molar-refractivity contribution is -0.393. The van der Waals surface area contributed by atoms with E-state index in [9.17, 15) is 45.6 Å². The molecule has 400 valence electrons. The van der Waals surface area contributed by atoms with Gasteiger partial charge in [-0.2, -0.15) is 0 Å². The minimum absolute atomic E-state index is 0.0512. The Balaban J connectivity index is 0.973. The second-order valence-electron chi connectivity index (χ2n) is 25.2. The van der Waals surface area contributed by atoms with E-state index in [-0.39, 0.29) is 46.1 Å². The summed E-state index contributed by atoms with van der Waals surface area (Å²) in [6.07, 6.45) is -11.0. The van der Waals surface area contributed by atoms with E-state index in [1.807, 2.05) is 30.3 Å². The number of benzene rings is 1. The lowest BCUT2D eigenvalue weighted by Crippen LogP contribution is -2.68. The first kappa shape index (κ1) is 53.7. The van der Waals surface area contributed by atoms with E-state index in [1.165, 1.54) is 19.4 Å². The number of allylic oxidation sites excluding steroid dienone is 2. The van der Waals surface area contributed by atoms with E-state index >= 15 is 0 Å². The Hall–Kier alpha value is -2.13. The van der Waals surface area contributed by atoms with Crippen LogP contribution in [-0.2, 0) is 44.6 Å². The standard InChI is InChI=1S/C55H84O16/c1-28-37(57)39(59)41(61)46(66-28)70-44-33(26-56)68-48(45(43(44)63)71-47-42(62)40(60)38(58)29(2)67-47)69-36-18-19-52(7)34(51(36,5)6)17-20-54(9)35(52)16-15-31-32-25-50(3,4)21-23-55(32,24-22-53(31,54)8)49(64)65-27-30-13-11-10-12-14-30/h10-15,28-29,32-48,56-63H,16-27H2,1-9H3/t28-,29-,32-,33+,34-,35+,36-,37+,38+,39+,40+,41-,42-,43-,44+,45+,46+,47+,48-,52-,53+,54+,55-/m0/s1. The zero-order valence-electron chi connectivity index (χ0n) is 43.3. The summed E-state index contributed by atoms with van der Waals surface area (Å²) in [4.78, 5) is 14.6. The molecule has 3 heterocycles. The first-order valence-electron chi connectivity index (χ1n) is 26.6. The van der Waals surface area contributed by atoms with Crippen molar-refractivity contribution in [3.63, 3.8) is 0 Å². The minimum Gasteiger partial charge on any atom is -0.460 e. The highest BCUT2D eigenvalue weighted by atomic mass is 16.8. The topological polar surface area (TPSA) is 244 Å². The molecule has 3 saturated heterocycles. The van der Waals surface area contributed by atoms with Gasteiger partial charge in [-0.25, -0.2) is 0 Å². The number of carbonyl (C=O) groups is 1. The molecule has 0 spiro atoms. The van der Waals surface area contributed by atoms with Crippen LogP contribution in [0.4, 0.5) is 0 Å². The van der Waals surface area contributed by atoms with Gasteiger partial charge in [0.25, 0.3) is 0 Å². The molecule has 5 aliphatic carbocycles. The average molecular weight is 1000 g/mol. The SMILES string of the molecule is C[C@@H]1O[C@H](O[C@H]2[C@H](O[C@H]3CC[C@]4(C)[C@H]5CC=C6[C@@H]7CC(C)(C)CC[C@]7(C(=O)OCc7ccccc7)CC[C@@]6(C)[C@]5(C)CC[C@H]4C3(C)C)O[C@H](CO)[C@@H](O[C@H]3O[C@@H](C)[C@@H](O)[C@@H](O)[C@@H]3O)[C@@H]2O)[C@@H](O)[C@H](O)[C@@H]1O. The summed E-state index contributed by atoms with van der Waals surface area (Å²) in [6.45, 7) is 19.3. The van der Waals surface area contributed by atoms with E-state index in [2.05, 4.69) is 54.5 Å². The van der Waals surface area contributed by atoms with E-state index in [1.54, 1.807) is 0 Å². The van der Waals surface area contributed by atoms with E-state index in [4.69, 9.17) is 33.2 Å². The fraction of sp³-hybridized carbons (Fsp3) is 0.836. The van der Waals surface area contributed by atoms with Gasteiger partial charge >= 0.3 is 5.97 Å². The Morgan fingerprint density at radius 2 is 1.25 bits per heavy atom. The molecule has 23 atom stereocenters. The van der Waals surface area contributed by atoms with Gasteiger partial charge in [-0.05, 0) is 128 Å². The van der Waals surface area contributed by atoms with E-state index in [0.29, 0.717) is 12.3 Å². The fourth-order valence-corrected chi connectivity index (χ4v) is 15.9. The third-order valence-electron chi connectivity index (χ3n) is 20.5. The van der Waals surface area contributed by atoms with Crippen LogP contribution in [0.25, 0.3) is 0 Å².